The van der Waals surface area contributed by atoms with Crippen LogP contribution >= 0.6 is 0 Å². The molecule has 0 fully saturated rings. The van der Waals surface area contributed by atoms with Crippen LogP contribution in [0.2, 0.25) is 0 Å². The topological polar surface area (TPSA) is 37.4 Å². The predicted octanol–water partition coefficient (Wildman–Crippen LogP) is 4.50. The highest BCUT2D eigenvalue weighted by molar-refractivity contribution is 7.89. The fourth-order valence-electron chi connectivity index (χ4n) is 3.23. The van der Waals surface area contributed by atoms with Crippen molar-refractivity contribution in [1.82, 2.24) is 4.31 Å². The van der Waals surface area contributed by atoms with Crippen LogP contribution in [0.15, 0.2) is 65.6 Å². The minimum Gasteiger partial charge on any atom is -0.207 e. The monoisotopic (exact) mass is 355 g/mol. The summed E-state index contributed by atoms with van der Waals surface area (Å²) >= 11 is 0. The molecular formula is C21H25NO2S. The molecule has 0 radical (unpaired) electrons. The van der Waals surface area contributed by atoms with Crippen molar-refractivity contribution in [2.75, 3.05) is 13.1 Å². The summed E-state index contributed by atoms with van der Waals surface area (Å²) in [5.74, 6) is 0. The van der Waals surface area contributed by atoms with Gasteiger partial charge in [-0.15, -0.1) is 0 Å². The molecule has 25 heavy (non-hydrogen) atoms. The van der Waals surface area contributed by atoms with Gasteiger partial charge < -0.3 is 0 Å². The van der Waals surface area contributed by atoms with E-state index in [1.165, 1.54) is 0 Å². The van der Waals surface area contributed by atoms with Crippen LogP contribution in [0.25, 0.3) is 5.57 Å². The lowest BCUT2D eigenvalue weighted by Crippen LogP contribution is -2.43. The number of benzene rings is 2. The number of hydrogen-bond donors (Lipinski definition) is 0. The zero-order valence-corrected chi connectivity index (χ0v) is 15.9. The van der Waals surface area contributed by atoms with Crippen LogP contribution in [0, 0.1) is 12.3 Å². The fourth-order valence-corrected chi connectivity index (χ4v) is 4.78. The number of nitrogens with zero attached hydrogens (tertiary/aromatic N) is 1. The molecule has 1 atom stereocenters. The molecule has 132 valence electrons. The van der Waals surface area contributed by atoms with Crippen LogP contribution in [0.5, 0.6) is 0 Å². The number of sulfonamides is 1. The quantitative estimate of drug-likeness (QED) is 0.810. The van der Waals surface area contributed by atoms with Crippen LogP contribution in [0.1, 0.15) is 31.4 Å². The molecule has 0 N–H and O–H groups in total. The average Bonchev–Trinajstić information content (AvgIpc) is 2.62. The highest BCUT2D eigenvalue weighted by atomic mass is 32.2. The Labute approximate surface area is 151 Å². The lowest BCUT2D eigenvalue weighted by Gasteiger charge is -2.38. The van der Waals surface area contributed by atoms with Gasteiger partial charge >= 0.3 is 0 Å². The maximum atomic E-state index is 13.2. The Hall–Kier alpha value is -1.91. The molecule has 0 saturated carbocycles. The first-order valence-corrected chi connectivity index (χ1v) is 10.1. The molecule has 0 spiro atoms. The summed E-state index contributed by atoms with van der Waals surface area (Å²) in [5.41, 5.74) is 3.06. The summed E-state index contributed by atoms with van der Waals surface area (Å²) < 4.78 is 28.0. The van der Waals surface area contributed by atoms with Crippen LogP contribution in [-0.2, 0) is 10.0 Å². The summed E-state index contributed by atoms with van der Waals surface area (Å²) in [6, 6.07) is 17.2. The van der Waals surface area contributed by atoms with Gasteiger partial charge in [0.1, 0.15) is 0 Å². The fraction of sp³-hybridized carbons (Fsp3) is 0.333. The smallest absolute Gasteiger partial charge is 0.207 e. The van der Waals surface area contributed by atoms with Gasteiger partial charge in [-0.05, 0) is 42.0 Å². The predicted molar refractivity (Wildman–Crippen MR) is 103 cm³/mol. The normalized spacial score (nSPS) is 21.8. The molecule has 3 rings (SSSR count). The highest BCUT2D eigenvalue weighted by Gasteiger charge is 2.36. The van der Waals surface area contributed by atoms with Gasteiger partial charge in [0.2, 0.25) is 10.0 Å². The van der Waals surface area contributed by atoms with Gasteiger partial charge in [0.25, 0.3) is 0 Å². The maximum Gasteiger partial charge on any atom is 0.243 e. The molecule has 1 heterocycles. The Morgan fingerprint density at radius 1 is 1.04 bits per heavy atom. The number of hydrogen-bond acceptors (Lipinski definition) is 2. The van der Waals surface area contributed by atoms with Crippen LogP contribution < -0.4 is 0 Å². The molecule has 0 saturated heterocycles. The van der Waals surface area contributed by atoms with Crippen molar-refractivity contribution < 1.29 is 8.42 Å². The summed E-state index contributed by atoms with van der Waals surface area (Å²) in [5, 5.41) is 0. The van der Waals surface area contributed by atoms with Crippen LogP contribution in [-0.4, -0.2) is 25.8 Å². The van der Waals surface area contributed by atoms with E-state index in [-0.39, 0.29) is 5.41 Å². The first-order chi connectivity index (χ1) is 11.8. The van der Waals surface area contributed by atoms with Gasteiger partial charge in [0.15, 0.2) is 0 Å². The van der Waals surface area contributed by atoms with Crippen LogP contribution in [0.4, 0.5) is 0 Å². The van der Waals surface area contributed by atoms with E-state index < -0.39 is 10.0 Å². The molecule has 1 aliphatic rings. The van der Waals surface area contributed by atoms with E-state index in [9.17, 15) is 8.42 Å². The Kier molecular flexibility index (Phi) is 4.85. The lowest BCUT2D eigenvalue weighted by molar-refractivity contribution is 0.286. The first-order valence-electron chi connectivity index (χ1n) is 8.68. The molecule has 0 unspecified atom stereocenters. The second kappa shape index (κ2) is 6.77. The van der Waals surface area contributed by atoms with Crippen molar-refractivity contribution in [2.45, 2.75) is 32.1 Å². The number of rotatable bonds is 4. The molecule has 2 aromatic rings. The second-order valence-electron chi connectivity index (χ2n) is 7.13. The third-order valence-electron chi connectivity index (χ3n) is 5.02. The van der Waals surface area contributed by atoms with Crippen molar-refractivity contribution in [3.8, 4) is 0 Å². The molecular weight excluding hydrogens is 330 g/mol. The van der Waals surface area contributed by atoms with E-state index in [1.807, 2.05) is 49.4 Å². The zero-order valence-electron chi connectivity index (χ0n) is 15.1. The Bertz CT molecular complexity index is 870. The third-order valence-corrected chi connectivity index (χ3v) is 6.82. The summed E-state index contributed by atoms with van der Waals surface area (Å²) in [7, 11) is -3.51. The van der Waals surface area contributed by atoms with E-state index in [1.54, 1.807) is 16.4 Å². The van der Waals surface area contributed by atoms with Crippen molar-refractivity contribution in [3.05, 3.63) is 71.8 Å². The van der Waals surface area contributed by atoms with E-state index in [4.69, 9.17) is 0 Å². The average molecular weight is 356 g/mol. The molecule has 0 aromatic heterocycles. The summed E-state index contributed by atoms with van der Waals surface area (Å²) in [4.78, 5) is 0.367. The molecule has 4 heteroatoms. The Morgan fingerprint density at radius 2 is 1.68 bits per heavy atom. The van der Waals surface area contributed by atoms with E-state index in [0.29, 0.717) is 18.0 Å². The van der Waals surface area contributed by atoms with Crippen molar-refractivity contribution in [2.24, 2.45) is 5.41 Å². The van der Waals surface area contributed by atoms with E-state index >= 15 is 0 Å². The van der Waals surface area contributed by atoms with Gasteiger partial charge in [-0.25, -0.2) is 8.42 Å². The minimum absolute atomic E-state index is 0.165. The molecule has 0 amide bonds. The molecule has 1 aliphatic heterocycles. The third kappa shape index (κ3) is 3.70. The van der Waals surface area contributed by atoms with Crippen molar-refractivity contribution in [1.29, 1.82) is 0 Å². The van der Waals surface area contributed by atoms with E-state index in [0.717, 1.165) is 23.1 Å². The zero-order chi connectivity index (χ0) is 18.1. The second-order valence-corrected chi connectivity index (χ2v) is 9.07. The lowest BCUT2D eigenvalue weighted by atomic mass is 9.81. The summed E-state index contributed by atoms with van der Waals surface area (Å²) in [6.45, 7) is 7.13. The SMILES string of the molecule is CC[C@]1(C)C=C(c2ccccc2)CN(S(=O)(=O)c2ccc(C)cc2)C1. The summed E-state index contributed by atoms with van der Waals surface area (Å²) in [6.07, 6.45) is 3.15. The molecule has 3 nitrogen and oxygen atoms in total. The van der Waals surface area contributed by atoms with Gasteiger partial charge in [0, 0.05) is 13.1 Å². The largest absolute Gasteiger partial charge is 0.243 e. The van der Waals surface area contributed by atoms with Crippen molar-refractivity contribution >= 4 is 15.6 Å². The van der Waals surface area contributed by atoms with Gasteiger partial charge in [-0.1, -0.05) is 68.0 Å². The standard InChI is InChI=1S/C21H25NO2S/c1-4-21(3)14-19(18-8-6-5-7-9-18)15-22(16-21)25(23,24)20-12-10-17(2)11-13-20/h5-14H,4,15-16H2,1-3H3/t21-/m1/s1. The number of aryl methyl sites for hydroxylation is 1. The van der Waals surface area contributed by atoms with Crippen molar-refractivity contribution in [3.63, 3.8) is 0 Å². The van der Waals surface area contributed by atoms with Crippen LogP contribution in [0.3, 0.4) is 0 Å². The molecule has 2 aromatic carbocycles. The molecule has 0 bridgehead atoms. The maximum absolute atomic E-state index is 13.2. The molecule has 0 aliphatic carbocycles. The van der Waals surface area contributed by atoms with Gasteiger partial charge in [0.05, 0.1) is 4.90 Å². The Morgan fingerprint density at radius 3 is 2.28 bits per heavy atom. The first kappa shape index (κ1) is 17.9. The minimum atomic E-state index is -3.51. The van der Waals surface area contributed by atoms with E-state index in [2.05, 4.69) is 19.9 Å². The van der Waals surface area contributed by atoms with Gasteiger partial charge in [-0.2, -0.15) is 4.31 Å². The highest BCUT2D eigenvalue weighted by Crippen LogP contribution is 2.36. The van der Waals surface area contributed by atoms with Gasteiger partial charge in [-0.3, -0.25) is 0 Å². The Balaban J connectivity index is 2.00.